The Morgan fingerprint density at radius 3 is 2.50 bits per heavy atom. The van der Waals surface area contributed by atoms with E-state index in [1.165, 1.54) is 0 Å². The van der Waals surface area contributed by atoms with Crippen molar-refractivity contribution in [3.05, 3.63) is 30.3 Å². The number of halogens is 1. The van der Waals surface area contributed by atoms with Gasteiger partial charge >= 0.3 is 0 Å². The molecule has 0 bridgehead atoms. The van der Waals surface area contributed by atoms with E-state index in [4.69, 9.17) is 16.3 Å². The molecule has 2 amide bonds. The second-order valence-electron chi connectivity index (χ2n) is 7.41. The normalized spacial score (nSPS) is 15.6. The molecule has 5 nitrogen and oxygen atoms in total. The molecule has 1 aliphatic rings. The number of benzene rings is 1. The molecule has 6 heteroatoms. The van der Waals surface area contributed by atoms with Gasteiger partial charge in [-0.25, -0.2) is 0 Å². The molecular weight excluding hydrogens is 352 g/mol. The molecule has 0 aromatic heterocycles. The zero-order valence-corrected chi connectivity index (χ0v) is 16.4. The van der Waals surface area contributed by atoms with E-state index in [2.05, 4.69) is 5.32 Å². The number of carbonyl (C=O) groups is 2. The lowest BCUT2D eigenvalue weighted by Crippen LogP contribution is -2.49. The smallest absolute Gasteiger partial charge is 0.227 e. The molecule has 0 atom stereocenters. The van der Waals surface area contributed by atoms with Crippen molar-refractivity contribution in [1.29, 1.82) is 0 Å². The number of piperidine rings is 1. The van der Waals surface area contributed by atoms with Crippen molar-refractivity contribution >= 4 is 23.4 Å². The van der Waals surface area contributed by atoms with Crippen molar-refractivity contribution in [3.8, 4) is 5.75 Å². The van der Waals surface area contributed by atoms with Gasteiger partial charge in [0.25, 0.3) is 0 Å². The summed E-state index contributed by atoms with van der Waals surface area (Å²) in [6.07, 6.45) is 2.77. The maximum atomic E-state index is 12.3. The van der Waals surface area contributed by atoms with Crippen molar-refractivity contribution in [2.75, 3.05) is 25.6 Å². The summed E-state index contributed by atoms with van der Waals surface area (Å²) < 4.78 is 5.62. The maximum Gasteiger partial charge on any atom is 0.227 e. The quantitative estimate of drug-likeness (QED) is 0.556. The average Bonchev–Trinajstić information content (AvgIpc) is 2.66. The summed E-state index contributed by atoms with van der Waals surface area (Å²) in [6, 6.07) is 9.74. The molecule has 1 aromatic rings. The Bertz CT molecular complexity index is 584. The lowest BCUT2D eigenvalue weighted by atomic mass is 9.93. The Labute approximate surface area is 161 Å². The summed E-state index contributed by atoms with van der Waals surface area (Å²) in [5.74, 6) is 1.26. The first-order valence-corrected chi connectivity index (χ1v) is 9.78. The van der Waals surface area contributed by atoms with E-state index in [1.54, 1.807) is 0 Å². The third-order valence-corrected chi connectivity index (χ3v) is 5.35. The Kier molecular flexibility index (Phi) is 7.76. The lowest BCUT2D eigenvalue weighted by Gasteiger charge is -2.34. The highest BCUT2D eigenvalue weighted by Gasteiger charge is 2.30. The third-order valence-electron chi connectivity index (χ3n) is 4.68. The molecule has 1 saturated heterocycles. The van der Waals surface area contributed by atoms with E-state index in [-0.39, 0.29) is 17.9 Å². The number of ether oxygens (including phenoxy) is 1. The van der Waals surface area contributed by atoms with Crippen molar-refractivity contribution in [2.45, 2.75) is 45.6 Å². The van der Waals surface area contributed by atoms with Gasteiger partial charge < -0.3 is 15.0 Å². The van der Waals surface area contributed by atoms with Crippen molar-refractivity contribution in [3.63, 3.8) is 0 Å². The Morgan fingerprint density at radius 2 is 1.88 bits per heavy atom. The predicted octanol–water partition coefficient (Wildman–Crippen LogP) is 3.22. The van der Waals surface area contributed by atoms with Gasteiger partial charge in [0.15, 0.2) is 0 Å². The highest BCUT2D eigenvalue weighted by atomic mass is 35.5. The van der Waals surface area contributed by atoms with E-state index >= 15 is 0 Å². The molecule has 0 aliphatic carbocycles. The summed E-state index contributed by atoms with van der Waals surface area (Å²) in [5, 5.41) is 3.06. The fraction of sp³-hybridized carbons (Fsp3) is 0.600. The number of nitrogens with one attached hydrogen (secondary N) is 1. The number of amides is 2. The number of hydrogen-bond donors (Lipinski definition) is 1. The van der Waals surface area contributed by atoms with Crippen LogP contribution in [0.25, 0.3) is 0 Å². The van der Waals surface area contributed by atoms with Crippen molar-refractivity contribution in [1.82, 2.24) is 10.2 Å². The highest BCUT2D eigenvalue weighted by Crippen LogP contribution is 2.19. The second-order valence-corrected chi connectivity index (χ2v) is 7.68. The molecule has 1 fully saturated rings. The van der Waals surface area contributed by atoms with E-state index in [0.29, 0.717) is 38.4 Å². The van der Waals surface area contributed by atoms with Gasteiger partial charge in [-0.2, -0.15) is 0 Å². The van der Waals surface area contributed by atoms with Crippen LogP contribution >= 0.6 is 11.6 Å². The van der Waals surface area contributed by atoms with E-state index in [1.807, 2.05) is 49.1 Å². The van der Waals surface area contributed by atoms with E-state index < -0.39 is 5.41 Å². The molecule has 144 valence electrons. The molecule has 0 unspecified atom stereocenters. The van der Waals surface area contributed by atoms with Gasteiger partial charge in [0.05, 0.1) is 12.0 Å². The first-order valence-electron chi connectivity index (χ1n) is 9.25. The van der Waals surface area contributed by atoms with Crippen molar-refractivity contribution in [2.24, 2.45) is 5.41 Å². The molecule has 1 heterocycles. The SMILES string of the molecule is CC(C)(CCl)C(=O)NC1CCN(C(=O)CCCOc2ccccc2)CC1. The minimum Gasteiger partial charge on any atom is -0.494 e. The first kappa shape index (κ1) is 20.6. The van der Waals surface area contributed by atoms with Crippen molar-refractivity contribution < 1.29 is 14.3 Å². The largest absolute Gasteiger partial charge is 0.494 e. The van der Waals surface area contributed by atoms with Crippen LogP contribution in [0.4, 0.5) is 0 Å². The molecule has 1 aliphatic heterocycles. The number of nitrogens with zero attached hydrogens (tertiary/aromatic N) is 1. The minimum atomic E-state index is -0.562. The molecule has 1 N–H and O–H groups in total. The van der Waals surface area contributed by atoms with Gasteiger partial charge in [-0.05, 0) is 45.2 Å². The van der Waals surface area contributed by atoms with E-state index in [0.717, 1.165) is 18.6 Å². The van der Waals surface area contributed by atoms with Gasteiger partial charge in [0.1, 0.15) is 5.75 Å². The van der Waals surface area contributed by atoms with Crippen LogP contribution in [0.2, 0.25) is 0 Å². The summed E-state index contributed by atoms with van der Waals surface area (Å²) >= 11 is 5.85. The first-order chi connectivity index (χ1) is 12.4. The Balaban J connectivity index is 1.64. The fourth-order valence-electron chi connectivity index (χ4n) is 2.80. The van der Waals surface area contributed by atoms with Crippen LogP contribution in [0.1, 0.15) is 39.5 Å². The molecule has 0 radical (unpaired) electrons. The van der Waals surface area contributed by atoms with Crippen LogP contribution in [-0.2, 0) is 9.59 Å². The summed E-state index contributed by atoms with van der Waals surface area (Å²) in [5.41, 5.74) is -0.562. The van der Waals surface area contributed by atoms with Gasteiger partial charge in [0, 0.05) is 31.4 Å². The number of para-hydroxylation sites is 1. The molecule has 0 saturated carbocycles. The maximum absolute atomic E-state index is 12.3. The van der Waals surface area contributed by atoms with Gasteiger partial charge in [-0.3, -0.25) is 9.59 Å². The lowest BCUT2D eigenvalue weighted by molar-refractivity contribution is -0.133. The number of carbonyl (C=O) groups excluding carboxylic acids is 2. The third kappa shape index (κ3) is 6.20. The molecule has 0 spiro atoms. The monoisotopic (exact) mass is 380 g/mol. The van der Waals surface area contributed by atoms with Crippen LogP contribution in [0, 0.1) is 5.41 Å². The van der Waals surface area contributed by atoms with Crippen LogP contribution in [0.3, 0.4) is 0 Å². The molecule has 2 rings (SSSR count). The predicted molar refractivity (Wildman–Crippen MR) is 103 cm³/mol. The molecule has 1 aromatic carbocycles. The summed E-state index contributed by atoms with van der Waals surface area (Å²) in [4.78, 5) is 26.4. The number of likely N-dealkylation sites (tertiary alicyclic amines) is 1. The summed E-state index contributed by atoms with van der Waals surface area (Å²) in [6.45, 7) is 5.59. The number of hydrogen-bond acceptors (Lipinski definition) is 3. The number of alkyl halides is 1. The Morgan fingerprint density at radius 1 is 1.23 bits per heavy atom. The van der Waals surface area contributed by atoms with Gasteiger partial charge in [-0.15, -0.1) is 11.6 Å². The highest BCUT2D eigenvalue weighted by molar-refractivity contribution is 6.19. The average molecular weight is 381 g/mol. The number of rotatable bonds is 8. The zero-order valence-electron chi connectivity index (χ0n) is 15.7. The van der Waals surface area contributed by atoms with E-state index in [9.17, 15) is 9.59 Å². The summed E-state index contributed by atoms with van der Waals surface area (Å²) in [7, 11) is 0. The van der Waals surface area contributed by atoms with Gasteiger partial charge in [0.2, 0.25) is 11.8 Å². The fourth-order valence-corrected chi connectivity index (χ4v) is 2.92. The van der Waals surface area contributed by atoms with Crippen LogP contribution in [-0.4, -0.2) is 48.3 Å². The standard InChI is InChI=1S/C20H29ClN2O3/c1-20(2,15-21)19(25)22-16-10-12-23(13-11-16)18(24)9-6-14-26-17-7-4-3-5-8-17/h3-5,7-8,16H,6,9-15H2,1-2H3,(H,22,25). The second kappa shape index (κ2) is 9.81. The zero-order chi connectivity index (χ0) is 19.0. The minimum absolute atomic E-state index is 0.0182. The molecule has 26 heavy (non-hydrogen) atoms. The van der Waals surface area contributed by atoms with Gasteiger partial charge in [-0.1, -0.05) is 18.2 Å². The van der Waals surface area contributed by atoms with Crippen LogP contribution in [0.5, 0.6) is 5.75 Å². The molecular formula is C20H29ClN2O3. The Hall–Kier alpha value is -1.75. The topological polar surface area (TPSA) is 58.6 Å². The van der Waals surface area contributed by atoms with Crippen LogP contribution in [0.15, 0.2) is 30.3 Å². The van der Waals surface area contributed by atoms with Crippen LogP contribution < -0.4 is 10.1 Å².